The normalized spacial score (nSPS) is 12.4. The fourth-order valence-electron chi connectivity index (χ4n) is 4.57. The minimum absolute atomic E-state index is 0.888. The number of aromatic nitrogens is 2. The summed E-state index contributed by atoms with van der Waals surface area (Å²) in [6.45, 7) is 0. The van der Waals surface area contributed by atoms with Crippen molar-refractivity contribution in [2.24, 2.45) is 0 Å². The minimum atomic E-state index is 0.888. The van der Waals surface area contributed by atoms with Gasteiger partial charge in [-0.3, -0.25) is 0 Å². The molecule has 0 saturated heterocycles. The molecule has 0 aliphatic heterocycles. The maximum Gasteiger partial charge on any atom is 0.219 e. The summed E-state index contributed by atoms with van der Waals surface area (Å²) >= 11 is 0. The number of pyridine rings is 3. The van der Waals surface area contributed by atoms with E-state index in [-0.39, 0.29) is 0 Å². The van der Waals surface area contributed by atoms with Gasteiger partial charge in [0.25, 0.3) is 0 Å². The zero-order valence-corrected chi connectivity index (χ0v) is 16.7. The van der Waals surface area contributed by atoms with E-state index in [1.165, 1.54) is 32.6 Å². The van der Waals surface area contributed by atoms with Gasteiger partial charge in [0.1, 0.15) is 0 Å². The summed E-state index contributed by atoms with van der Waals surface area (Å²) in [6, 6.07) is 27.7. The molecular weight excluding hydrogens is 380 g/mol. The highest BCUT2D eigenvalue weighted by molar-refractivity contribution is 6.19. The van der Waals surface area contributed by atoms with Gasteiger partial charge in [0.2, 0.25) is 11.0 Å². The molecule has 0 spiro atoms. The average molecular weight is 399 g/mol. The molecule has 3 aromatic carbocycles. The number of para-hydroxylation sites is 2. The van der Waals surface area contributed by atoms with Crippen LogP contribution in [0.25, 0.3) is 54.9 Å². The van der Waals surface area contributed by atoms with Crippen LogP contribution in [0.2, 0.25) is 0 Å². The molecule has 31 heavy (non-hydrogen) atoms. The Morgan fingerprint density at radius 2 is 1.32 bits per heavy atom. The third kappa shape index (κ3) is 2.67. The van der Waals surface area contributed by atoms with E-state index in [9.17, 15) is 0 Å². The van der Waals surface area contributed by atoms with Crippen LogP contribution in [-0.4, -0.2) is 10.1 Å². The van der Waals surface area contributed by atoms with Gasteiger partial charge in [-0.1, -0.05) is 36.4 Å². The molecule has 0 fully saturated rings. The summed E-state index contributed by atoms with van der Waals surface area (Å²) in [5, 5.41) is 16.1. The Morgan fingerprint density at radius 1 is 0.645 bits per heavy atom. The standard InChI is InChI=1S/C28H18N2O/c31-16-8-6-12-26-23-17-22-20-10-2-4-13-27(20)30-15-7-5-14-28(30)24(22)18-21(23)19-9-1-3-11-25(19)29-26/h1-18H/p+1. The molecule has 0 amide bonds. The van der Waals surface area contributed by atoms with E-state index in [2.05, 4.69) is 77.3 Å². The summed E-state index contributed by atoms with van der Waals surface area (Å²) in [6.07, 6.45) is 8.52. The fourth-order valence-corrected chi connectivity index (χ4v) is 4.57. The first-order valence-electron chi connectivity index (χ1n) is 10.3. The molecule has 3 nitrogen and oxygen atoms in total. The molecule has 146 valence electrons. The molecule has 0 radical (unpaired) electrons. The van der Waals surface area contributed by atoms with Crippen molar-refractivity contribution in [3.05, 3.63) is 109 Å². The number of fused-ring (bicyclic) bond motifs is 9. The number of allylic oxidation sites excluding steroid dienone is 2. The van der Waals surface area contributed by atoms with Crippen LogP contribution < -0.4 is 4.40 Å². The molecule has 1 N–H and O–H groups in total. The second-order valence-electron chi connectivity index (χ2n) is 7.63. The van der Waals surface area contributed by atoms with Gasteiger partial charge in [0.05, 0.1) is 28.2 Å². The lowest BCUT2D eigenvalue weighted by Crippen LogP contribution is -2.22. The van der Waals surface area contributed by atoms with Crippen molar-refractivity contribution in [1.82, 2.24) is 4.98 Å². The lowest BCUT2D eigenvalue weighted by Gasteiger charge is -2.11. The van der Waals surface area contributed by atoms with Crippen molar-refractivity contribution in [2.45, 2.75) is 0 Å². The van der Waals surface area contributed by atoms with Crippen LogP contribution in [0.5, 0.6) is 0 Å². The fraction of sp³-hybridized carbons (Fsp3) is 0. The van der Waals surface area contributed by atoms with Gasteiger partial charge in [-0.05, 0) is 47.9 Å². The van der Waals surface area contributed by atoms with Crippen LogP contribution in [0.15, 0.2) is 103 Å². The monoisotopic (exact) mass is 399 g/mol. The van der Waals surface area contributed by atoms with Gasteiger partial charge < -0.3 is 5.11 Å². The zero-order valence-electron chi connectivity index (χ0n) is 16.7. The van der Waals surface area contributed by atoms with Gasteiger partial charge in [0, 0.05) is 34.4 Å². The van der Waals surface area contributed by atoms with E-state index < -0.39 is 0 Å². The Kier molecular flexibility index (Phi) is 3.93. The Labute approximate surface area is 178 Å². The molecule has 0 atom stereocenters. The number of hydrogen-bond donors (Lipinski definition) is 1. The summed E-state index contributed by atoms with van der Waals surface area (Å²) < 4.78 is 2.26. The number of hydrogen-bond acceptors (Lipinski definition) is 2. The SMILES string of the molecule is OC=CC=Cc1nc2ccccc2c2cc3c(cc12)c1ccccc1[n+]1ccccc31. The molecule has 6 rings (SSSR count). The zero-order chi connectivity index (χ0) is 20.8. The quantitative estimate of drug-likeness (QED) is 0.118. The minimum Gasteiger partial charge on any atom is -0.516 e. The molecule has 0 unspecified atom stereocenters. The first kappa shape index (κ1) is 17.6. The lowest BCUT2D eigenvalue weighted by molar-refractivity contribution is -0.480. The summed E-state index contributed by atoms with van der Waals surface area (Å²) in [5.74, 6) is 0. The van der Waals surface area contributed by atoms with Crippen molar-refractivity contribution < 1.29 is 9.51 Å². The molecule has 0 aliphatic rings. The molecule has 0 aliphatic carbocycles. The number of rotatable bonds is 2. The van der Waals surface area contributed by atoms with Crippen molar-refractivity contribution in [3.8, 4) is 0 Å². The topological polar surface area (TPSA) is 37.2 Å². The van der Waals surface area contributed by atoms with Crippen molar-refractivity contribution in [1.29, 1.82) is 0 Å². The van der Waals surface area contributed by atoms with Crippen molar-refractivity contribution in [3.63, 3.8) is 0 Å². The van der Waals surface area contributed by atoms with E-state index in [0.29, 0.717) is 0 Å². The van der Waals surface area contributed by atoms with Gasteiger partial charge in [0.15, 0.2) is 6.20 Å². The highest BCUT2D eigenvalue weighted by Gasteiger charge is 2.17. The van der Waals surface area contributed by atoms with Crippen LogP contribution >= 0.6 is 0 Å². The van der Waals surface area contributed by atoms with E-state index in [1.54, 1.807) is 6.08 Å². The van der Waals surface area contributed by atoms with Crippen LogP contribution in [0.3, 0.4) is 0 Å². The van der Waals surface area contributed by atoms with E-state index in [0.717, 1.165) is 28.2 Å². The van der Waals surface area contributed by atoms with E-state index >= 15 is 0 Å². The van der Waals surface area contributed by atoms with Crippen LogP contribution in [0.1, 0.15) is 5.69 Å². The molecule has 3 aromatic heterocycles. The third-order valence-electron chi connectivity index (χ3n) is 5.91. The highest BCUT2D eigenvalue weighted by Crippen LogP contribution is 2.34. The Bertz CT molecular complexity index is 1700. The molecule has 3 heteroatoms. The molecule has 6 aromatic rings. The maximum absolute atomic E-state index is 9.04. The van der Waals surface area contributed by atoms with Crippen molar-refractivity contribution >= 4 is 54.9 Å². The molecular formula is C28H19N2O+. The van der Waals surface area contributed by atoms with Crippen molar-refractivity contribution in [2.75, 3.05) is 0 Å². The largest absolute Gasteiger partial charge is 0.516 e. The van der Waals surface area contributed by atoms with E-state index in [1.807, 2.05) is 24.3 Å². The second kappa shape index (κ2) is 6.92. The number of nitrogens with zero attached hydrogens (tertiary/aromatic N) is 2. The smallest absolute Gasteiger partial charge is 0.219 e. The third-order valence-corrected chi connectivity index (χ3v) is 5.91. The van der Waals surface area contributed by atoms with Gasteiger partial charge in [-0.15, -0.1) is 0 Å². The summed E-state index contributed by atoms with van der Waals surface area (Å²) in [7, 11) is 0. The van der Waals surface area contributed by atoms with Crippen LogP contribution in [0.4, 0.5) is 0 Å². The predicted octanol–water partition coefficient (Wildman–Crippen LogP) is 6.52. The predicted molar refractivity (Wildman–Crippen MR) is 128 cm³/mol. The average Bonchev–Trinajstić information content (AvgIpc) is 2.83. The first-order chi connectivity index (χ1) is 15.3. The number of aliphatic hydroxyl groups excluding tert-OH is 1. The van der Waals surface area contributed by atoms with Gasteiger partial charge in [-0.25, -0.2) is 4.98 Å². The Morgan fingerprint density at radius 3 is 2.19 bits per heavy atom. The Balaban J connectivity index is 1.87. The molecule has 0 saturated carbocycles. The van der Waals surface area contributed by atoms with Gasteiger partial charge >= 0.3 is 0 Å². The van der Waals surface area contributed by atoms with Crippen LogP contribution in [0, 0.1) is 0 Å². The van der Waals surface area contributed by atoms with Crippen LogP contribution in [-0.2, 0) is 0 Å². The highest BCUT2D eigenvalue weighted by atomic mass is 16.2. The number of aliphatic hydroxyl groups is 1. The second-order valence-corrected chi connectivity index (χ2v) is 7.63. The first-order valence-corrected chi connectivity index (χ1v) is 10.3. The number of benzene rings is 3. The Hall–Kier alpha value is -4.24. The maximum atomic E-state index is 9.04. The van der Waals surface area contributed by atoms with E-state index in [4.69, 9.17) is 10.1 Å². The molecule has 0 bridgehead atoms. The summed E-state index contributed by atoms with van der Waals surface area (Å²) in [4.78, 5) is 4.92. The van der Waals surface area contributed by atoms with Gasteiger partial charge in [-0.2, -0.15) is 4.40 Å². The lowest BCUT2D eigenvalue weighted by atomic mass is 9.96. The molecule has 3 heterocycles. The summed E-state index contributed by atoms with van der Waals surface area (Å²) in [5.41, 5.74) is 4.21.